The molecule has 0 saturated carbocycles. The third kappa shape index (κ3) is 4.83. The highest BCUT2D eigenvalue weighted by Crippen LogP contribution is 2.44. The summed E-state index contributed by atoms with van der Waals surface area (Å²) in [6.07, 6.45) is -0.422. The maximum Gasteiger partial charge on any atom is 0.304 e. The maximum atomic E-state index is 11.0. The number of hydrogen-bond acceptors (Lipinski definition) is 5. The molecular formula is C17H24O5S2. The molecule has 1 aromatic carbocycles. The zero-order valence-electron chi connectivity index (χ0n) is 14.2. The van der Waals surface area contributed by atoms with E-state index in [1.165, 1.54) is 0 Å². The van der Waals surface area contributed by atoms with Crippen molar-refractivity contribution >= 4 is 37.2 Å². The van der Waals surface area contributed by atoms with Crippen LogP contribution in [-0.4, -0.2) is 27.3 Å². The summed E-state index contributed by atoms with van der Waals surface area (Å²) in [6, 6.07) is 1.76. The van der Waals surface area contributed by atoms with Gasteiger partial charge in [-0.1, -0.05) is 26.8 Å². The van der Waals surface area contributed by atoms with E-state index in [0.29, 0.717) is 22.3 Å². The molecule has 2 atom stereocenters. The van der Waals surface area contributed by atoms with Crippen LogP contribution >= 0.6 is 25.3 Å². The van der Waals surface area contributed by atoms with E-state index < -0.39 is 27.9 Å². The summed E-state index contributed by atoms with van der Waals surface area (Å²) in [7, 11) is 0. The third-order valence-electron chi connectivity index (χ3n) is 3.88. The van der Waals surface area contributed by atoms with Gasteiger partial charge in [-0.05, 0) is 29.0 Å². The number of thiol groups is 2. The van der Waals surface area contributed by atoms with Crippen LogP contribution in [0.5, 0.6) is 5.75 Å². The quantitative estimate of drug-likeness (QED) is 0.488. The van der Waals surface area contributed by atoms with E-state index in [-0.39, 0.29) is 18.6 Å². The van der Waals surface area contributed by atoms with Gasteiger partial charge >= 0.3 is 11.9 Å². The van der Waals surface area contributed by atoms with Gasteiger partial charge < -0.3 is 15.3 Å². The van der Waals surface area contributed by atoms with E-state index in [2.05, 4.69) is 25.3 Å². The smallest absolute Gasteiger partial charge is 0.304 e. The van der Waals surface area contributed by atoms with Crippen LogP contribution in [0.3, 0.4) is 0 Å². The molecule has 0 aliphatic heterocycles. The van der Waals surface area contributed by atoms with Gasteiger partial charge in [-0.25, -0.2) is 0 Å². The molecule has 1 rings (SSSR count). The Kier molecular flexibility index (Phi) is 6.64. The van der Waals surface area contributed by atoms with Crippen LogP contribution in [0, 0.1) is 6.92 Å². The van der Waals surface area contributed by atoms with Crippen molar-refractivity contribution in [2.24, 2.45) is 0 Å². The predicted octanol–water partition coefficient (Wildman–Crippen LogP) is 3.89. The second-order valence-corrected chi connectivity index (χ2v) is 8.12. The second kappa shape index (κ2) is 7.70. The SMILES string of the molecule is Cc1c(C(S)CC(=O)O)cc(C(C)(C)C)c(O)c1C(S)CC(=O)O. The van der Waals surface area contributed by atoms with E-state index in [1.807, 2.05) is 20.8 Å². The summed E-state index contributed by atoms with van der Waals surface area (Å²) in [5.41, 5.74) is 1.93. The van der Waals surface area contributed by atoms with Gasteiger partial charge in [0.1, 0.15) is 5.75 Å². The minimum atomic E-state index is -1.02. The molecule has 5 nitrogen and oxygen atoms in total. The molecule has 0 saturated heterocycles. The normalized spacial score (nSPS) is 14.2. The Hall–Kier alpha value is -1.34. The van der Waals surface area contributed by atoms with Crippen LogP contribution in [0.2, 0.25) is 0 Å². The number of carboxylic acids is 2. The number of aromatic hydroxyl groups is 1. The Balaban J connectivity index is 3.61. The van der Waals surface area contributed by atoms with Gasteiger partial charge in [0.2, 0.25) is 0 Å². The molecule has 0 aliphatic carbocycles. The van der Waals surface area contributed by atoms with Crippen molar-refractivity contribution in [2.45, 2.75) is 56.5 Å². The Morgan fingerprint density at radius 2 is 1.54 bits per heavy atom. The Morgan fingerprint density at radius 1 is 1.08 bits per heavy atom. The Bertz CT molecular complexity index is 649. The first kappa shape index (κ1) is 20.7. The number of phenols is 1. The number of carbonyl (C=O) groups is 2. The minimum Gasteiger partial charge on any atom is -0.507 e. The molecule has 134 valence electrons. The van der Waals surface area contributed by atoms with Crippen LogP contribution in [0.15, 0.2) is 6.07 Å². The highest BCUT2D eigenvalue weighted by Gasteiger charge is 2.29. The van der Waals surface area contributed by atoms with Crippen molar-refractivity contribution < 1.29 is 24.9 Å². The van der Waals surface area contributed by atoms with Gasteiger partial charge in [0.15, 0.2) is 0 Å². The Labute approximate surface area is 152 Å². The third-order valence-corrected chi connectivity index (χ3v) is 4.78. The van der Waals surface area contributed by atoms with E-state index in [1.54, 1.807) is 13.0 Å². The van der Waals surface area contributed by atoms with Crippen LogP contribution in [0.1, 0.15) is 66.4 Å². The monoisotopic (exact) mass is 372 g/mol. The number of carboxylic acid groups (broad SMARTS) is 2. The molecule has 0 fully saturated rings. The lowest BCUT2D eigenvalue weighted by Gasteiger charge is -2.28. The zero-order valence-corrected chi connectivity index (χ0v) is 16.0. The summed E-state index contributed by atoms with van der Waals surface area (Å²) in [5.74, 6) is -1.99. The Morgan fingerprint density at radius 3 is 1.96 bits per heavy atom. The maximum absolute atomic E-state index is 11.0. The van der Waals surface area contributed by atoms with Gasteiger partial charge in [0.25, 0.3) is 0 Å². The van der Waals surface area contributed by atoms with E-state index in [4.69, 9.17) is 10.2 Å². The molecule has 0 radical (unpaired) electrons. The first-order valence-corrected chi connectivity index (χ1v) is 8.56. The fourth-order valence-electron chi connectivity index (χ4n) is 2.68. The van der Waals surface area contributed by atoms with Crippen molar-refractivity contribution in [2.75, 3.05) is 0 Å². The largest absolute Gasteiger partial charge is 0.507 e. The van der Waals surface area contributed by atoms with Gasteiger partial charge in [-0.15, -0.1) is 0 Å². The first-order valence-electron chi connectivity index (χ1n) is 7.52. The molecule has 7 heteroatoms. The average Bonchev–Trinajstić information content (AvgIpc) is 2.34. The molecule has 3 N–H and O–H groups in total. The molecule has 0 aliphatic rings. The summed E-state index contributed by atoms with van der Waals surface area (Å²) in [5, 5.41) is 27.5. The fraction of sp³-hybridized carbons (Fsp3) is 0.529. The number of aliphatic carboxylic acids is 2. The van der Waals surface area contributed by atoms with Crippen LogP contribution in [0.25, 0.3) is 0 Å². The summed E-state index contributed by atoms with van der Waals surface area (Å²) in [6.45, 7) is 7.48. The molecule has 24 heavy (non-hydrogen) atoms. The molecule has 0 aromatic heterocycles. The predicted molar refractivity (Wildman–Crippen MR) is 99.5 cm³/mol. The molecule has 0 bridgehead atoms. The summed E-state index contributed by atoms with van der Waals surface area (Å²) in [4.78, 5) is 22.0. The van der Waals surface area contributed by atoms with Gasteiger partial charge in [-0.3, -0.25) is 9.59 Å². The van der Waals surface area contributed by atoms with Crippen LogP contribution in [-0.2, 0) is 15.0 Å². The number of benzene rings is 1. The van der Waals surface area contributed by atoms with Gasteiger partial charge in [0, 0.05) is 16.1 Å². The second-order valence-electron chi connectivity index (χ2n) is 6.88. The first-order chi connectivity index (χ1) is 10.9. The molecule has 0 amide bonds. The number of rotatable bonds is 6. The molecule has 0 spiro atoms. The summed E-state index contributed by atoms with van der Waals surface area (Å²) < 4.78 is 0. The molecule has 0 heterocycles. The molecule has 2 unspecified atom stereocenters. The summed E-state index contributed by atoms with van der Waals surface area (Å²) >= 11 is 8.73. The number of phenolic OH excluding ortho intramolecular Hbond substituents is 1. The van der Waals surface area contributed by atoms with Crippen molar-refractivity contribution in [1.29, 1.82) is 0 Å². The lowest BCUT2D eigenvalue weighted by atomic mass is 9.81. The minimum absolute atomic E-state index is 0.0147. The van der Waals surface area contributed by atoms with Crippen molar-refractivity contribution in [1.82, 2.24) is 0 Å². The lowest BCUT2D eigenvalue weighted by Crippen LogP contribution is -2.16. The van der Waals surface area contributed by atoms with E-state index in [9.17, 15) is 14.7 Å². The van der Waals surface area contributed by atoms with Gasteiger partial charge in [0.05, 0.1) is 12.8 Å². The average molecular weight is 373 g/mol. The van der Waals surface area contributed by atoms with E-state index >= 15 is 0 Å². The van der Waals surface area contributed by atoms with Crippen molar-refractivity contribution in [3.05, 3.63) is 28.3 Å². The lowest BCUT2D eigenvalue weighted by molar-refractivity contribution is -0.138. The highest BCUT2D eigenvalue weighted by atomic mass is 32.1. The highest BCUT2D eigenvalue weighted by molar-refractivity contribution is 7.80. The number of hydrogen-bond donors (Lipinski definition) is 5. The zero-order chi connectivity index (χ0) is 18.8. The molecule has 1 aromatic rings. The molecular weight excluding hydrogens is 348 g/mol. The topological polar surface area (TPSA) is 94.8 Å². The van der Waals surface area contributed by atoms with Crippen molar-refractivity contribution in [3.8, 4) is 5.75 Å². The fourth-order valence-corrected chi connectivity index (χ4v) is 3.58. The van der Waals surface area contributed by atoms with Crippen LogP contribution < -0.4 is 0 Å². The standard InChI is InChI=1S/C17H24O5S2/c1-8-9(11(23)6-13(18)19)5-10(17(2,3)4)16(22)15(8)12(24)7-14(20)21/h5,11-12,22-24H,6-7H2,1-4H3,(H,18,19)(H,20,21). The van der Waals surface area contributed by atoms with E-state index in [0.717, 1.165) is 0 Å². The van der Waals surface area contributed by atoms with Gasteiger partial charge in [-0.2, -0.15) is 25.3 Å². The van der Waals surface area contributed by atoms with Crippen LogP contribution in [0.4, 0.5) is 0 Å². The van der Waals surface area contributed by atoms with Crippen molar-refractivity contribution in [3.63, 3.8) is 0 Å².